The molecule has 172 valence electrons. The molecule has 2 bridgehead atoms. The zero-order valence-electron chi connectivity index (χ0n) is 17.9. The van der Waals surface area contributed by atoms with Crippen LogP contribution < -0.4 is 20.1 Å². The smallest absolute Gasteiger partial charge is 0.290 e. The lowest BCUT2D eigenvalue weighted by Gasteiger charge is -2.57. The van der Waals surface area contributed by atoms with E-state index in [2.05, 4.69) is 22.7 Å². The van der Waals surface area contributed by atoms with Crippen LogP contribution in [0.3, 0.4) is 0 Å². The van der Waals surface area contributed by atoms with Gasteiger partial charge in [0.2, 0.25) is 5.76 Å². The number of rotatable bonds is 7. The van der Waals surface area contributed by atoms with Crippen molar-refractivity contribution < 1.29 is 28.0 Å². The number of nitrogens with one attached hydrogen (secondary N) is 2. The van der Waals surface area contributed by atoms with Crippen LogP contribution in [-0.4, -0.2) is 41.8 Å². The van der Waals surface area contributed by atoms with Gasteiger partial charge in [-0.25, -0.2) is 4.39 Å². The summed E-state index contributed by atoms with van der Waals surface area (Å²) in [4.78, 5) is 25.2. The van der Waals surface area contributed by atoms with Gasteiger partial charge in [-0.05, 0) is 55.3 Å². The van der Waals surface area contributed by atoms with Gasteiger partial charge in [-0.15, -0.1) is 0 Å². The molecule has 3 aliphatic rings. The summed E-state index contributed by atoms with van der Waals surface area (Å²) in [5.74, 6) is -0.445. The van der Waals surface area contributed by atoms with E-state index in [-0.39, 0.29) is 57.8 Å². The molecule has 1 aromatic heterocycles. The molecular weight excluding hydrogens is 441 g/mol. The highest BCUT2D eigenvalue weighted by Crippen LogP contribution is 2.50. The lowest BCUT2D eigenvalue weighted by atomic mass is 9.56. The Hall–Kier alpha value is -2.81. The Kier molecular flexibility index (Phi) is 6.03. The van der Waals surface area contributed by atoms with E-state index in [0.29, 0.717) is 0 Å². The van der Waals surface area contributed by atoms with Crippen LogP contribution >= 0.6 is 11.6 Å². The number of carbonyl (C=O) groups is 2. The lowest BCUT2D eigenvalue weighted by molar-refractivity contribution is -0.128. The second kappa shape index (κ2) is 8.61. The molecule has 0 radical (unpaired) electrons. The van der Waals surface area contributed by atoms with Gasteiger partial charge in [0.05, 0.1) is 18.2 Å². The third kappa shape index (κ3) is 4.39. The summed E-state index contributed by atoms with van der Waals surface area (Å²) < 4.78 is 29.0. The van der Waals surface area contributed by atoms with E-state index < -0.39 is 5.82 Å². The number of nitrogens with zero attached hydrogens (tertiary/aromatic N) is 1. The third-order valence-corrected chi connectivity index (χ3v) is 7.00. The Bertz CT molecular complexity index is 1020. The van der Waals surface area contributed by atoms with Crippen LogP contribution in [0.1, 0.15) is 49.6 Å². The van der Waals surface area contributed by atoms with Crippen molar-refractivity contribution in [1.82, 2.24) is 15.8 Å². The monoisotopic (exact) mass is 465 g/mol. The van der Waals surface area contributed by atoms with Crippen molar-refractivity contribution in [3.63, 3.8) is 0 Å². The molecule has 10 heteroatoms. The highest BCUT2D eigenvalue weighted by atomic mass is 35.5. The van der Waals surface area contributed by atoms with E-state index in [1.807, 2.05) is 0 Å². The van der Waals surface area contributed by atoms with Crippen LogP contribution in [0.2, 0.25) is 5.02 Å². The van der Waals surface area contributed by atoms with Gasteiger partial charge < -0.3 is 24.6 Å². The SMILES string of the molecule is COc1cc(C(=O)NC23CCC(NC(=O)COc4ccc(Cl)c(F)c4)(CC2)C(C)C3)on1. The summed E-state index contributed by atoms with van der Waals surface area (Å²) in [6, 6.07) is 5.51. The number of halogens is 2. The van der Waals surface area contributed by atoms with Crippen LogP contribution in [-0.2, 0) is 4.79 Å². The average molecular weight is 466 g/mol. The van der Waals surface area contributed by atoms with Crippen LogP contribution in [0, 0.1) is 11.7 Å². The van der Waals surface area contributed by atoms with E-state index in [1.54, 1.807) is 0 Å². The van der Waals surface area contributed by atoms with Crippen molar-refractivity contribution in [1.29, 1.82) is 0 Å². The fraction of sp³-hybridized carbons (Fsp3) is 0.500. The number of carbonyl (C=O) groups excluding carboxylic acids is 2. The van der Waals surface area contributed by atoms with Gasteiger partial charge in [-0.3, -0.25) is 9.59 Å². The van der Waals surface area contributed by atoms with Gasteiger partial charge in [-0.1, -0.05) is 18.5 Å². The summed E-state index contributed by atoms with van der Waals surface area (Å²) in [6.07, 6.45) is 3.66. The standard InChI is InChI=1S/C22H25ClFN3O5/c1-13-11-21(26-20(29)17-10-19(30-2)27-32-17)5-7-22(13,8-6-21)25-18(28)12-31-14-3-4-15(23)16(24)9-14/h3-4,9-10,13H,5-8,11-12H2,1-2H3,(H,25,28)(H,26,29). The third-order valence-electron chi connectivity index (χ3n) is 6.69. The van der Waals surface area contributed by atoms with E-state index in [1.165, 1.54) is 25.3 Å². The first-order chi connectivity index (χ1) is 15.2. The molecule has 1 aromatic carbocycles. The number of methoxy groups -OCH3 is 1. The largest absolute Gasteiger partial charge is 0.484 e. The van der Waals surface area contributed by atoms with E-state index >= 15 is 0 Å². The summed E-state index contributed by atoms with van der Waals surface area (Å²) in [5, 5.41) is 9.92. The zero-order chi connectivity index (χ0) is 22.9. The molecule has 3 aliphatic carbocycles. The fourth-order valence-electron chi connectivity index (χ4n) is 4.87. The number of fused-ring (bicyclic) bond motifs is 3. The minimum atomic E-state index is -0.599. The summed E-state index contributed by atoms with van der Waals surface area (Å²) >= 11 is 5.67. The molecule has 1 heterocycles. The quantitative estimate of drug-likeness (QED) is 0.649. The highest BCUT2D eigenvalue weighted by molar-refractivity contribution is 6.30. The maximum atomic E-state index is 13.5. The minimum Gasteiger partial charge on any atom is -0.484 e. The Morgan fingerprint density at radius 2 is 2.00 bits per heavy atom. The van der Waals surface area contributed by atoms with Crippen molar-refractivity contribution in [3.8, 4) is 11.6 Å². The molecule has 2 aromatic rings. The second-order valence-electron chi connectivity index (χ2n) is 8.64. The maximum absolute atomic E-state index is 13.5. The van der Waals surface area contributed by atoms with Gasteiger partial charge in [0.25, 0.3) is 17.7 Å². The molecule has 2 N–H and O–H groups in total. The Morgan fingerprint density at radius 3 is 2.62 bits per heavy atom. The van der Waals surface area contributed by atoms with Crippen LogP contribution in [0.25, 0.3) is 0 Å². The molecule has 0 saturated heterocycles. The first-order valence-electron chi connectivity index (χ1n) is 10.5. The van der Waals surface area contributed by atoms with Crippen molar-refractivity contribution in [3.05, 3.63) is 40.9 Å². The number of hydrogen-bond donors (Lipinski definition) is 2. The molecule has 0 aliphatic heterocycles. The summed E-state index contributed by atoms with van der Waals surface area (Å²) in [5.41, 5.74) is -0.700. The van der Waals surface area contributed by atoms with Crippen molar-refractivity contribution in [2.24, 2.45) is 5.92 Å². The molecule has 8 nitrogen and oxygen atoms in total. The zero-order valence-corrected chi connectivity index (χ0v) is 18.6. The second-order valence-corrected chi connectivity index (χ2v) is 9.05. The predicted molar refractivity (Wildman–Crippen MR) is 113 cm³/mol. The maximum Gasteiger partial charge on any atom is 0.290 e. The van der Waals surface area contributed by atoms with Crippen LogP contribution in [0.15, 0.2) is 28.8 Å². The van der Waals surface area contributed by atoms with Crippen molar-refractivity contribution in [2.75, 3.05) is 13.7 Å². The number of hydrogen-bond acceptors (Lipinski definition) is 6. The van der Waals surface area contributed by atoms with Gasteiger partial charge in [0.15, 0.2) is 6.61 Å². The number of amides is 2. The van der Waals surface area contributed by atoms with Gasteiger partial charge >= 0.3 is 0 Å². The van der Waals surface area contributed by atoms with Crippen LogP contribution in [0.5, 0.6) is 11.6 Å². The number of aromatic nitrogens is 1. The topological polar surface area (TPSA) is 103 Å². The Balaban J connectivity index is 1.34. The summed E-state index contributed by atoms with van der Waals surface area (Å²) in [7, 11) is 1.45. The molecule has 3 saturated carbocycles. The molecule has 32 heavy (non-hydrogen) atoms. The number of ether oxygens (including phenoxy) is 2. The summed E-state index contributed by atoms with van der Waals surface area (Å²) in [6.45, 7) is 1.86. The van der Waals surface area contributed by atoms with Crippen molar-refractivity contribution in [2.45, 2.75) is 50.1 Å². The van der Waals surface area contributed by atoms with Gasteiger partial charge in [0, 0.05) is 17.1 Å². The fourth-order valence-corrected chi connectivity index (χ4v) is 4.99. The molecule has 0 spiro atoms. The van der Waals surface area contributed by atoms with Gasteiger partial charge in [0.1, 0.15) is 11.6 Å². The lowest BCUT2D eigenvalue weighted by Crippen LogP contribution is -2.67. The molecule has 2 amide bonds. The van der Waals surface area contributed by atoms with Crippen LogP contribution in [0.4, 0.5) is 4.39 Å². The van der Waals surface area contributed by atoms with E-state index in [4.69, 9.17) is 25.6 Å². The Labute approximate surface area is 189 Å². The average Bonchev–Trinajstić information content (AvgIpc) is 3.25. The minimum absolute atomic E-state index is 0.00283. The Morgan fingerprint density at radius 1 is 1.25 bits per heavy atom. The molecular formula is C22H25ClFN3O5. The van der Waals surface area contributed by atoms with Crippen molar-refractivity contribution >= 4 is 23.4 Å². The normalized spacial score (nSPS) is 26.4. The molecule has 1 atom stereocenters. The van der Waals surface area contributed by atoms with E-state index in [9.17, 15) is 14.0 Å². The molecule has 3 fully saturated rings. The first-order valence-corrected chi connectivity index (χ1v) is 10.8. The number of benzene rings is 1. The highest BCUT2D eigenvalue weighted by Gasteiger charge is 2.54. The molecule has 1 unspecified atom stereocenters. The van der Waals surface area contributed by atoms with E-state index in [0.717, 1.165) is 38.2 Å². The molecule has 5 rings (SSSR count). The predicted octanol–water partition coefficient (Wildman–Crippen LogP) is 3.49. The first kappa shape index (κ1) is 22.4. The van der Waals surface area contributed by atoms with Gasteiger partial charge in [-0.2, -0.15) is 0 Å².